The summed E-state index contributed by atoms with van der Waals surface area (Å²) >= 11 is 1.55. The number of nitrogens with one attached hydrogen (secondary N) is 1. The number of aromatic nitrogens is 3. The van der Waals surface area contributed by atoms with Crippen molar-refractivity contribution in [1.29, 1.82) is 0 Å². The Kier molecular flexibility index (Phi) is 4.14. The molecule has 130 valence electrons. The van der Waals surface area contributed by atoms with E-state index in [-0.39, 0.29) is 5.69 Å². The van der Waals surface area contributed by atoms with Gasteiger partial charge in [-0.1, -0.05) is 6.07 Å². The summed E-state index contributed by atoms with van der Waals surface area (Å²) in [7, 11) is 1.64. The van der Waals surface area contributed by atoms with Gasteiger partial charge in [-0.2, -0.15) is 0 Å². The molecule has 0 aliphatic heterocycles. The van der Waals surface area contributed by atoms with Crippen molar-refractivity contribution >= 4 is 28.2 Å². The van der Waals surface area contributed by atoms with E-state index in [0.29, 0.717) is 12.1 Å². The largest absolute Gasteiger partial charge is 0.497 e. The Morgan fingerprint density at radius 3 is 2.92 bits per heavy atom. The number of fused-ring (bicyclic) bond motifs is 1. The number of carbonyl (C=O) groups is 1. The van der Waals surface area contributed by atoms with Gasteiger partial charge >= 0.3 is 5.97 Å². The van der Waals surface area contributed by atoms with E-state index in [1.807, 2.05) is 30.5 Å². The maximum absolute atomic E-state index is 11.2. The van der Waals surface area contributed by atoms with Gasteiger partial charge in [0, 0.05) is 35.3 Å². The fourth-order valence-corrected chi connectivity index (χ4v) is 3.62. The number of aromatic amines is 1. The first kappa shape index (κ1) is 16.3. The van der Waals surface area contributed by atoms with Crippen LogP contribution in [0.3, 0.4) is 0 Å². The number of nitrogens with zero attached hydrogens (tertiary/aromatic N) is 2. The van der Waals surface area contributed by atoms with Crippen molar-refractivity contribution in [3.63, 3.8) is 0 Å². The van der Waals surface area contributed by atoms with Crippen LogP contribution in [0, 0.1) is 0 Å². The van der Waals surface area contributed by atoms with E-state index >= 15 is 0 Å². The first-order chi connectivity index (χ1) is 12.7. The van der Waals surface area contributed by atoms with Gasteiger partial charge < -0.3 is 14.8 Å². The van der Waals surface area contributed by atoms with Crippen LogP contribution < -0.4 is 4.74 Å². The highest BCUT2D eigenvalue weighted by Gasteiger charge is 2.16. The summed E-state index contributed by atoms with van der Waals surface area (Å²) in [5, 5.41) is 10.2. The lowest BCUT2D eigenvalue weighted by atomic mass is 10.0. The third kappa shape index (κ3) is 2.93. The van der Waals surface area contributed by atoms with Gasteiger partial charge in [0.1, 0.15) is 11.4 Å². The Balaban J connectivity index is 1.86. The molecule has 4 aromatic rings. The number of ether oxygens (including phenoxy) is 1. The highest BCUT2D eigenvalue weighted by atomic mass is 32.1. The lowest BCUT2D eigenvalue weighted by Crippen LogP contribution is -2.03. The zero-order valence-corrected chi connectivity index (χ0v) is 14.7. The standard InChI is InChI=1S/C19H15N3O3S/c1-25-12-5-6-13-14(7-11-3-2-4-15(21-11)19(23)24)18(22-16(13)8-12)17-9-20-10-26-17/h2-6,8-10,22H,7H2,1H3,(H,23,24). The number of carboxylic acid groups (broad SMARTS) is 1. The summed E-state index contributed by atoms with van der Waals surface area (Å²) in [6.45, 7) is 0. The van der Waals surface area contributed by atoms with Gasteiger partial charge in [-0.15, -0.1) is 11.3 Å². The molecule has 0 amide bonds. The number of aromatic carboxylic acids is 1. The summed E-state index contributed by atoms with van der Waals surface area (Å²) in [6.07, 6.45) is 2.33. The minimum atomic E-state index is -1.03. The third-order valence-corrected chi connectivity index (χ3v) is 4.97. The Morgan fingerprint density at radius 1 is 1.31 bits per heavy atom. The minimum absolute atomic E-state index is 0.0448. The Hall–Kier alpha value is -3.19. The van der Waals surface area contributed by atoms with Crippen LogP contribution in [0.25, 0.3) is 21.5 Å². The molecule has 0 aliphatic carbocycles. The van der Waals surface area contributed by atoms with Crippen LogP contribution in [0.1, 0.15) is 21.7 Å². The van der Waals surface area contributed by atoms with Gasteiger partial charge in [0.05, 0.1) is 23.2 Å². The summed E-state index contributed by atoms with van der Waals surface area (Å²) < 4.78 is 5.32. The molecule has 0 bridgehead atoms. The zero-order chi connectivity index (χ0) is 18.1. The van der Waals surface area contributed by atoms with E-state index in [1.54, 1.807) is 30.0 Å². The zero-order valence-electron chi connectivity index (χ0n) is 13.9. The molecule has 0 radical (unpaired) electrons. The molecule has 26 heavy (non-hydrogen) atoms. The van der Waals surface area contributed by atoms with E-state index in [0.717, 1.165) is 32.8 Å². The van der Waals surface area contributed by atoms with Crippen LogP contribution in [0.4, 0.5) is 0 Å². The van der Waals surface area contributed by atoms with E-state index in [1.165, 1.54) is 6.07 Å². The van der Waals surface area contributed by atoms with E-state index in [9.17, 15) is 9.90 Å². The van der Waals surface area contributed by atoms with Crippen LogP contribution in [0.5, 0.6) is 5.75 Å². The average Bonchev–Trinajstić information content (AvgIpc) is 3.29. The molecule has 0 fully saturated rings. The normalized spacial score (nSPS) is 11.0. The second-order valence-electron chi connectivity index (χ2n) is 5.75. The van der Waals surface area contributed by atoms with Gasteiger partial charge in [-0.05, 0) is 29.8 Å². The summed E-state index contributed by atoms with van der Waals surface area (Å²) in [5.41, 5.74) is 5.52. The minimum Gasteiger partial charge on any atom is -0.497 e. The molecule has 2 N–H and O–H groups in total. The predicted molar refractivity (Wildman–Crippen MR) is 100.0 cm³/mol. The molecule has 4 rings (SSSR count). The molecule has 0 atom stereocenters. The predicted octanol–water partition coefficient (Wildman–Crippen LogP) is 3.98. The van der Waals surface area contributed by atoms with Gasteiger partial charge in [0.2, 0.25) is 0 Å². The Labute approximate surface area is 153 Å². The molecule has 3 aromatic heterocycles. The second-order valence-corrected chi connectivity index (χ2v) is 6.64. The maximum Gasteiger partial charge on any atom is 0.354 e. The van der Waals surface area contributed by atoms with Crippen molar-refractivity contribution in [2.75, 3.05) is 7.11 Å². The van der Waals surface area contributed by atoms with Gasteiger partial charge in [-0.25, -0.2) is 9.78 Å². The van der Waals surface area contributed by atoms with Gasteiger partial charge in [0.25, 0.3) is 0 Å². The van der Waals surface area contributed by atoms with Gasteiger partial charge in [-0.3, -0.25) is 4.98 Å². The maximum atomic E-state index is 11.2. The van der Waals surface area contributed by atoms with E-state index in [4.69, 9.17) is 4.74 Å². The molecule has 0 unspecified atom stereocenters. The highest BCUT2D eigenvalue weighted by molar-refractivity contribution is 7.13. The lowest BCUT2D eigenvalue weighted by Gasteiger charge is -2.05. The van der Waals surface area contributed by atoms with Crippen LogP contribution in [-0.2, 0) is 6.42 Å². The molecule has 0 saturated heterocycles. The van der Waals surface area contributed by atoms with Crippen molar-refractivity contribution in [3.05, 3.63) is 65.1 Å². The van der Waals surface area contributed by atoms with Crippen LogP contribution in [-0.4, -0.2) is 33.1 Å². The number of carboxylic acids is 1. The Morgan fingerprint density at radius 2 is 2.19 bits per heavy atom. The number of pyridine rings is 1. The van der Waals surface area contributed by atoms with E-state index in [2.05, 4.69) is 15.0 Å². The number of benzene rings is 1. The first-order valence-electron chi connectivity index (χ1n) is 7.92. The fourth-order valence-electron chi connectivity index (χ4n) is 2.97. The fraction of sp³-hybridized carbons (Fsp3) is 0.105. The second kappa shape index (κ2) is 6.61. The van der Waals surface area contributed by atoms with Crippen LogP contribution in [0.2, 0.25) is 0 Å². The van der Waals surface area contributed by atoms with Crippen molar-refractivity contribution < 1.29 is 14.6 Å². The molecule has 0 saturated carbocycles. The third-order valence-electron chi connectivity index (χ3n) is 4.18. The quantitative estimate of drug-likeness (QED) is 0.558. The van der Waals surface area contributed by atoms with E-state index < -0.39 is 5.97 Å². The molecular formula is C19H15N3O3S. The van der Waals surface area contributed by atoms with Crippen molar-refractivity contribution in [3.8, 4) is 16.3 Å². The SMILES string of the molecule is COc1ccc2c(Cc3cccc(C(=O)O)n3)c(-c3cncs3)[nH]c2c1. The summed E-state index contributed by atoms with van der Waals surface area (Å²) in [6, 6.07) is 10.9. The molecule has 1 aromatic carbocycles. The highest BCUT2D eigenvalue weighted by Crippen LogP contribution is 2.35. The molecule has 0 spiro atoms. The van der Waals surface area contributed by atoms with Crippen molar-refractivity contribution in [1.82, 2.24) is 15.0 Å². The van der Waals surface area contributed by atoms with Crippen molar-refractivity contribution in [2.24, 2.45) is 0 Å². The van der Waals surface area contributed by atoms with Crippen LogP contribution >= 0.6 is 11.3 Å². The smallest absolute Gasteiger partial charge is 0.354 e. The number of hydrogen-bond donors (Lipinski definition) is 2. The molecular weight excluding hydrogens is 350 g/mol. The summed E-state index contributed by atoms with van der Waals surface area (Å²) in [5.74, 6) is -0.259. The molecule has 0 aliphatic rings. The van der Waals surface area contributed by atoms with Crippen molar-refractivity contribution in [2.45, 2.75) is 6.42 Å². The average molecular weight is 365 g/mol. The topological polar surface area (TPSA) is 88.1 Å². The number of H-pyrrole nitrogens is 1. The molecule has 6 nitrogen and oxygen atoms in total. The summed E-state index contributed by atoms with van der Waals surface area (Å²) in [4.78, 5) is 24.1. The Bertz CT molecular complexity index is 1090. The number of hydrogen-bond acceptors (Lipinski definition) is 5. The first-order valence-corrected chi connectivity index (χ1v) is 8.80. The van der Waals surface area contributed by atoms with Gasteiger partial charge in [0.15, 0.2) is 0 Å². The van der Waals surface area contributed by atoms with Crippen LogP contribution in [0.15, 0.2) is 48.1 Å². The monoisotopic (exact) mass is 365 g/mol. The molecule has 3 heterocycles. The number of thiazole rings is 1. The number of methoxy groups -OCH3 is 1. The number of rotatable bonds is 5. The lowest BCUT2D eigenvalue weighted by molar-refractivity contribution is 0.0690. The molecule has 7 heteroatoms.